The highest BCUT2D eigenvalue weighted by molar-refractivity contribution is 6.12. The first-order valence-electron chi connectivity index (χ1n) is 28.6. The molecule has 0 fully saturated rings. The van der Waals surface area contributed by atoms with E-state index >= 15 is 0 Å². The van der Waals surface area contributed by atoms with E-state index in [4.69, 9.17) is 34.9 Å². The van der Waals surface area contributed by atoms with E-state index in [0.29, 0.717) is 29.2 Å². The summed E-state index contributed by atoms with van der Waals surface area (Å²) in [7, 11) is 0. The summed E-state index contributed by atoms with van der Waals surface area (Å²) in [5.74, 6) is 2.85. The zero-order valence-electron chi connectivity index (χ0n) is 46.5. The average molecular weight is 1100 g/mol. The summed E-state index contributed by atoms with van der Waals surface area (Å²) in [5, 5.41) is 4.77. The van der Waals surface area contributed by atoms with E-state index < -0.39 is 0 Å². The van der Waals surface area contributed by atoms with Crippen LogP contribution in [0.1, 0.15) is 0 Å². The van der Waals surface area contributed by atoms with Crippen LogP contribution in [0, 0.1) is 0 Å². The summed E-state index contributed by atoms with van der Waals surface area (Å²) in [5.41, 5.74) is 17.2. The molecule has 11 aromatic carbocycles. The number of hydrogen-bond acceptors (Lipinski definition) is 7. The lowest BCUT2D eigenvalue weighted by molar-refractivity contribution is 0.953. The Morgan fingerprint density at radius 3 is 0.872 bits per heavy atom. The molecule has 5 aromatic heterocycles. The molecule has 0 saturated carbocycles. The molecule has 0 aliphatic rings. The van der Waals surface area contributed by atoms with Gasteiger partial charge in [-0.1, -0.05) is 249 Å². The number of hydrogen-bond donors (Lipinski definition) is 0. The molecule has 0 N–H and O–H groups in total. The molecule has 0 radical (unpaired) electrons. The third kappa shape index (κ3) is 9.90. The first-order chi connectivity index (χ1) is 42.6. The van der Waals surface area contributed by atoms with Crippen molar-refractivity contribution in [2.75, 3.05) is 0 Å². The molecule has 16 rings (SSSR count). The quantitative estimate of drug-likeness (QED) is 0.134. The predicted octanol–water partition coefficient (Wildman–Crippen LogP) is 18.7. The lowest BCUT2D eigenvalue weighted by atomic mass is 10.0. The molecule has 0 spiro atoms. The molecule has 0 saturated heterocycles. The van der Waals surface area contributed by atoms with E-state index in [0.717, 1.165) is 89.2 Å². The Morgan fingerprint density at radius 2 is 0.488 bits per heavy atom. The van der Waals surface area contributed by atoms with Crippen molar-refractivity contribution in [1.29, 1.82) is 0 Å². The van der Waals surface area contributed by atoms with Gasteiger partial charge in [0, 0.05) is 60.6 Å². The van der Waals surface area contributed by atoms with Crippen LogP contribution in [0.25, 0.3) is 146 Å². The molecule has 0 bridgehead atoms. The summed E-state index contributed by atoms with van der Waals surface area (Å²) in [6, 6.07) is 106. The third-order valence-electron chi connectivity index (χ3n) is 15.5. The molecule has 0 amide bonds. The largest absolute Gasteiger partial charge is 0.309 e. The third-order valence-corrected chi connectivity index (χ3v) is 15.5. The summed E-state index contributed by atoms with van der Waals surface area (Å²) >= 11 is 0. The van der Waals surface area contributed by atoms with E-state index in [-0.39, 0.29) is 0 Å². The molecule has 0 aliphatic heterocycles. The van der Waals surface area contributed by atoms with E-state index in [1.165, 1.54) is 27.4 Å². The number of benzene rings is 11. The lowest BCUT2D eigenvalue weighted by Crippen LogP contribution is -2.06. The van der Waals surface area contributed by atoms with Crippen molar-refractivity contribution in [3.8, 4) is 102 Å². The summed E-state index contributed by atoms with van der Waals surface area (Å²) in [6.07, 6.45) is 0. The molecule has 0 atom stereocenters. The Balaban J connectivity index is 0.000000154. The molecule has 404 valence electrons. The van der Waals surface area contributed by atoms with Crippen molar-refractivity contribution in [3.63, 3.8) is 0 Å². The van der Waals surface area contributed by atoms with Crippen LogP contribution in [0.4, 0.5) is 0 Å². The number of aromatic nitrogens is 9. The van der Waals surface area contributed by atoms with Gasteiger partial charge in [-0.3, -0.25) is 4.57 Å². The van der Waals surface area contributed by atoms with Gasteiger partial charge < -0.3 is 4.57 Å². The van der Waals surface area contributed by atoms with Gasteiger partial charge in [0.2, 0.25) is 5.95 Å². The smallest absolute Gasteiger partial charge is 0.238 e. The monoisotopic (exact) mass is 1100 g/mol. The molecule has 5 heterocycles. The van der Waals surface area contributed by atoms with Gasteiger partial charge in [-0.2, -0.15) is 9.97 Å². The maximum absolute atomic E-state index is 5.08. The average Bonchev–Trinajstić information content (AvgIpc) is 4.05. The Labute approximate surface area is 496 Å². The van der Waals surface area contributed by atoms with Gasteiger partial charge >= 0.3 is 0 Å². The van der Waals surface area contributed by atoms with Gasteiger partial charge in [-0.25, -0.2) is 24.9 Å². The maximum atomic E-state index is 5.08. The number of nitrogens with zero attached hydrogens (tertiary/aromatic N) is 9. The van der Waals surface area contributed by atoms with Gasteiger partial charge in [0.1, 0.15) is 0 Å². The Kier molecular flexibility index (Phi) is 13.4. The minimum absolute atomic E-state index is 0.491. The number of fused-ring (bicyclic) bond motifs is 6. The zero-order valence-corrected chi connectivity index (χ0v) is 46.5. The molecular formula is C77H51N9. The fourth-order valence-corrected chi connectivity index (χ4v) is 11.4. The van der Waals surface area contributed by atoms with Gasteiger partial charge in [0.25, 0.3) is 0 Å². The highest BCUT2D eigenvalue weighted by Gasteiger charge is 2.21. The summed E-state index contributed by atoms with van der Waals surface area (Å²) in [6.45, 7) is 0. The van der Waals surface area contributed by atoms with Crippen LogP contribution in [-0.4, -0.2) is 44.0 Å². The topological polar surface area (TPSA) is 100 Å². The van der Waals surface area contributed by atoms with E-state index in [2.05, 4.69) is 173 Å². The van der Waals surface area contributed by atoms with Crippen LogP contribution < -0.4 is 0 Å². The van der Waals surface area contributed by atoms with Crippen molar-refractivity contribution in [1.82, 2.24) is 44.0 Å². The normalized spacial score (nSPS) is 11.3. The van der Waals surface area contributed by atoms with Gasteiger partial charge in [0.15, 0.2) is 23.3 Å². The maximum Gasteiger partial charge on any atom is 0.238 e. The summed E-state index contributed by atoms with van der Waals surface area (Å²) < 4.78 is 4.53. The van der Waals surface area contributed by atoms with Crippen LogP contribution in [0.5, 0.6) is 0 Å². The summed E-state index contributed by atoms with van der Waals surface area (Å²) in [4.78, 5) is 34.8. The Bertz CT molecular complexity index is 4780. The second-order valence-corrected chi connectivity index (χ2v) is 20.9. The van der Waals surface area contributed by atoms with Crippen molar-refractivity contribution in [2.24, 2.45) is 0 Å². The SMILES string of the molecule is c1ccc(-c2cc(-c3ccccc3)nc(-c3nc(-c4ccccc4)cc(-c4ccccc4)n3)n2)cc1.c1ccc(-c2nc(-c3ccccc3)nc(-n3c4ccccc4c4cc(-c5ccc6c(c5)c5ccccc5n6-c5ccccc5)ccc43)n2)cc1. The van der Waals surface area contributed by atoms with Gasteiger partial charge in [0.05, 0.1) is 44.8 Å². The highest BCUT2D eigenvalue weighted by atomic mass is 15.2. The predicted molar refractivity (Wildman–Crippen MR) is 350 cm³/mol. The van der Waals surface area contributed by atoms with Gasteiger partial charge in [-0.05, 0) is 71.8 Å². The second-order valence-electron chi connectivity index (χ2n) is 20.9. The number of rotatable bonds is 10. The lowest BCUT2D eigenvalue weighted by Gasteiger charge is -2.11. The van der Waals surface area contributed by atoms with E-state index in [1.54, 1.807) is 0 Å². The minimum Gasteiger partial charge on any atom is -0.309 e. The zero-order chi connectivity index (χ0) is 57.2. The fourth-order valence-electron chi connectivity index (χ4n) is 11.4. The van der Waals surface area contributed by atoms with Crippen molar-refractivity contribution in [3.05, 3.63) is 309 Å². The van der Waals surface area contributed by atoms with Crippen molar-refractivity contribution < 1.29 is 0 Å². The fraction of sp³-hybridized carbons (Fsp3) is 0. The number of para-hydroxylation sites is 3. The first-order valence-corrected chi connectivity index (χ1v) is 28.6. The van der Waals surface area contributed by atoms with Crippen LogP contribution in [0.2, 0.25) is 0 Å². The van der Waals surface area contributed by atoms with Crippen LogP contribution >= 0.6 is 0 Å². The van der Waals surface area contributed by atoms with Crippen LogP contribution in [0.15, 0.2) is 309 Å². The standard InChI is InChI=1S/C45H29N5.C32H22N4/c1-4-14-30(15-5-1)43-46-44(31-16-6-2-7-17-31)48-45(47-43)50-40-23-13-11-21-36(40)38-29-33(25-27-42(38)50)32-24-26-41-37(28-32)35-20-10-12-22-39(35)49(41)34-18-8-3-9-19-34;1-5-13-23(14-6-1)27-21-28(24-15-7-2-8-16-24)34-31(33-27)32-35-29(25-17-9-3-10-18-25)22-30(36-32)26-19-11-4-12-20-26/h1-29H;1-22H. The molecule has 0 aliphatic carbocycles. The van der Waals surface area contributed by atoms with Crippen LogP contribution in [0.3, 0.4) is 0 Å². The molecule has 86 heavy (non-hydrogen) atoms. The van der Waals surface area contributed by atoms with E-state index in [9.17, 15) is 0 Å². The molecule has 16 aromatic rings. The van der Waals surface area contributed by atoms with Crippen molar-refractivity contribution >= 4 is 43.6 Å². The molecule has 9 nitrogen and oxygen atoms in total. The second kappa shape index (κ2) is 22.5. The van der Waals surface area contributed by atoms with E-state index in [1.807, 2.05) is 146 Å². The molecule has 9 heteroatoms. The minimum atomic E-state index is 0.491. The van der Waals surface area contributed by atoms with Crippen molar-refractivity contribution in [2.45, 2.75) is 0 Å². The highest BCUT2D eigenvalue weighted by Crippen LogP contribution is 2.39. The molecule has 0 unspecified atom stereocenters. The van der Waals surface area contributed by atoms with Crippen LogP contribution in [-0.2, 0) is 0 Å². The molecular weight excluding hydrogens is 1050 g/mol. The Morgan fingerprint density at radius 1 is 0.186 bits per heavy atom. The first kappa shape index (κ1) is 51.1. The van der Waals surface area contributed by atoms with Gasteiger partial charge in [-0.15, -0.1) is 0 Å². The Hall–Kier alpha value is -11.8.